The minimum atomic E-state index is -0.122. The molecule has 0 spiro atoms. The lowest BCUT2D eigenvalue weighted by Crippen LogP contribution is -2.31. The standard InChI is InChI=1S/C25H21ClN8O/c1-15-14-30-33(2)24(15)32-25-29-8-5-20(31-25)18-10-16-6-9-34(22(16)19(11-18)13-27)21(35)12-17-4-3-7-28-23(17)26/h3-5,7-8,10-11,14H,6,9,12H2,1-2H3,(H,29,31,32). The summed E-state index contributed by atoms with van der Waals surface area (Å²) >= 11 is 6.14. The molecule has 1 aliphatic rings. The predicted molar refractivity (Wildman–Crippen MR) is 132 cm³/mol. The molecule has 0 atom stereocenters. The molecule has 4 heterocycles. The summed E-state index contributed by atoms with van der Waals surface area (Å²) in [5.74, 6) is 1.11. The van der Waals surface area contributed by atoms with Crippen LogP contribution in [0.4, 0.5) is 17.5 Å². The highest BCUT2D eigenvalue weighted by Gasteiger charge is 2.29. The van der Waals surface area contributed by atoms with Gasteiger partial charge in [-0.3, -0.25) is 9.48 Å². The van der Waals surface area contributed by atoms with E-state index in [9.17, 15) is 10.1 Å². The van der Waals surface area contributed by atoms with Crippen molar-refractivity contribution in [2.24, 2.45) is 7.05 Å². The van der Waals surface area contributed by atoms with Gasteiger partial charge in [0.2, 0.25) is 11.9 Å². The number of carbonyl (C=O) groups is 1. The number of amides is 1. The lowest BCUT2D eigenvalue weighted by atomic mass is 10.0. The molecule has 174 valence electrons. The molecule has 1 aromatic carbocycles. The molecule has 1 N–H and O–H groups in total. The third-order valence-corrected chi connectivity index (χ3v) is 6.31. The van der Waals surface area contributed by atoms with Crippen molar-refractivity contribution in [3.05, 3.63) is 76.3 Å². The zero-order valence-corrected chi connectivity index (χ0v) is 19.9. The number of benzene rings is 1. The van der Waals surface area contributed by atoms with Crippen molar-refractivity contribution in [1.82, 2.24) is 24.7 Å². The zero-order chi connectivity index (χ0) is 24.5. The molecule has 10 heteroatoms. The fourth-order valence-electron chi connectivity index (χ4n) is 4.25. The van der Waals surface area contributed by atoms with Crippen LogP contribution in [0.5, 0.6) is 0 Å². The van der Waals surface area contributed by atoms with Gasteiger partial charge in [-0.25, -0.2) is 15.0 Å². The number of aryl methyl sites for hydroxylation is 2. The second kappa shape index (κ2) is 9.16. The van der Waals surface area contributed by atoms with Gasteiger partial charge in [0.05, 0.1) is 29.6 Å². The SMILES string of the molecule is Cc1cnn(C)c1Nc1nccc(-c2cc(C#N)c3c(c2)CCN3C(=O)Cc2cccnc2Cl)n1. The number of nitriles is 1. The normalized spacial score (nSPS) is 12.3. The van der Waals surface area contributed by atoms with E-state index in [1.807, 2.05) is 20.0 Å². The Bertz CT molecular complexity index is 1470. The number of carbonyl (C=O) groups excluding carboxylic acids is 1. The first-order valence-corrected chi connectivity index (χ1v) is 11.4. The van der Waals surface area contributed by atoms with E-state index in [1.165, 1.54) is 0 Å². The van der Waals surface area contributed by atoms with E-state index in [1.54, 1.807) is 52.4 Å². The van der Waals surface area contributed by atoms with Gasteiger partial charge in [0.1, 0.15) is 17.0 Å². The summed E-state index contributed by atoms with van der Waals surface area (Å²) in [5, 5.41) is 17.7. The summed E-state index contributed by atoms with van der Waals surface area (Å²) in [5.41, 5.74) is 5.11. The van der Waals surface area contributed by atoms with E-state index in [-0.39, 0.29) is 12.3 Å². The van der Waals surface area contributed by atoms with Gasteiger partial charge in [-0.1, -0.05) is 17.7 Å². The van der Waals surface area contributed by atoms with E-state index < -0.39 is 0 Å². The van der Waals surface area contributed by atoms with Gasteiger partial charge in [-0.05, 0) is 48.7 Å². The molecule has 0 fully saturated rings. The first kappa shape index (κ1) is 22.5. The molecule has 3 aromatic heterocycles. The Morgan fingerprint density at radius 2 is 2.11 bits per heavy atom. The Morgan fingerprint density at radius 1 is 1.26 bits per heavy atom. The summed E-state index contributed by atoms with van der Waals surface area (Å²) in [7, 11) is 1.84. The molecule has 4 aromatic rings. The molecule has 0 saturated carbocycles. The van der Waals surface area contributed by atoms with Crippen molar-refractivity contribution >= 4 is 35.0 Å². The zero-order valence-electron chi connectivity index (χ0n) is 19.2. The topological polar surface area (TPSA) is 113 Å². The molecule has 0 saturated heterocycles. The molecule has 0 bridgehead atoms. The second-order valence-electron chi connectivity index (χ2n) is 8.26. The Morgan fingerprint density at radius 3 is 2.86 bits per heavy atom. The van der Waals surface area contributed by atoms with Gasteiger partial charge < -0.3 is 10.2 Å². The Balaban J connectivity index is 1.45. The number of pyridine rings is 1. The molecular formula is C25H21ClN8O. The number of rotatable bonds is 5. The molecule has 5 rings (SSSR count). The van der Waals surface area contributed by atoms with E-state index in [0.717, 1.165) is 22.5 Å². The quantitative estimate of drug-likeness (QED) is 0.426. The highest BCUT2D eigenvalue weighted by Crippen LogP contribution is 2.36. The third kappa shape index (κ3) is 4.32. The third-order valence-electron chi connectivity index (χ3n) is 5.97. The number of fused-ring (bicyclic) bond motifs is 1. The maximum absolute atomic E-state index is 13.1. The van der Waals surface area contributed by atoms with Crippen LogP contribution in [0.15, 0.2) is 48.9 Å². The largest absolute Gasteiger partial charge is 0.310 e. The number of nitrogens with zero attached hydrogens (tertiary/aromatic N) is 7. The fraction of sp³-hybridized carbons (Fsp3) is 0.200. The maximum atomic E-state index is 13.1. The van der Waals surface area contributed by atoms with Crippen LogP contribution in [0, 0.1) is 18.3 Å². The van der Waals surface area contributed by atoms with Crippen molar-refractivity contribution in [2.45, 2.75) is 19.8 Å². The van der Waals surface area contributed by atoms with Crippen LogP contribution < -0.4 is 10.2 Å². The van der Waals surface area contributed by atoms with E-state index in [2.05, 4.69) is 31.4 Å². The molecular weight excluding hydrogens is 464 g/mol. The number of nitrogens with one attached hydrogen (secondary N) is 1. The average molecular weight is 485 g/mol. The number of aromatic nitrogens is 5. The van der Waals surface area contributed by atoms with Crippen molar-refractivity contribution in [3.63, 3.8) is 0 Å². The van der Waals surface area contributed by atoms with Crippen LogP contribution in [0.3, 0.4) is 0 Å². The van der Waals surface area contributed by atoms with Gasteiger partial charge in [0.25, 0.3) is 0 Å². The minimum Gasteiger partial charge on any atom is -0.310 e. The van der Waals surface area contributed by atoms with Crippen molar-refractivity contribution in [1.29, 1.82) is 5.26 Å². The van der Waals surface area contributed by atoms with Crippen LogP contribution in [-0.4, -0.2) is 37.2 Å². The minimum absolute atomic E-state index is 0.118. The van der Waals surface area contributed by atoms with Gasteiger partial charge >= 0.3 is 0 Å². The second-order valence-corrected chi connectivity index (χ2v) is 8.62. The van der Waals surface area contributed by atoms with E-state index >= 15 is 0 Å². The van der Waals surface area contributed by atoms with Gasteiger partial charge in [-0.2, -0.15) is 10.4 Å². The van der Waals surface area contributed by atoms with Gasteiger partial charge in [0.15, 0.2) is 0 Å². The summed E-state index contributed by atoms with van der Waals surface area (Å²) in [6.07, 6.45) is 5.79. The monoisotopic (exact) mass is 484 g/mol. The summed E-state index contributed by atoms with van der Waals surface area (Å²) in [6, 6.07) is 11.3. The van der Waals surface area contributed by atoms with Gasteiger partial charge in [0, 0.05) is 37.1 Å². The number of anilines is 3. The number of halogens is 1. The first-order chi connectivity index (χ1) is 16.9. The smallest absolute Gasteiger partial charge is 0.231 e. The van der Waals surface area contributed by atoms with Crippen molar-refractivity contribution < 1.29 is 4.79 Å². The van der Waals surface area contributed by atoms with E-state index in [4.69, 9.17) is 11.6 Å². The van der Waals surface area contributed by atoms with Crippen LogP contribution in [0.2, 0.25) is 5.15 Å². The van der Waals surface area contributed by atoms with Gasteiger partial charge in [-0.15, -0.1) is 0 Å². The van der Waals surface area contributed by atoms with Crippen LogP contribution in [0.1, 0.15) is 22.3 Å². The molecule has 0 unspecified atom stereocenters. The summed E-state index contributed by atoms with van der Waals surface area (Å²) < 4.78 is 1.72. The van der Waals surface area contributed by atoms with Crippen LogP contribution in [0.25, 0.3) is 11.3 Å². The highest BCUT2D eigenvalue weighted by atomic mass is 35.5. The van der Waals surface area contributed by atoms with Crippen LogP contribution >= 0.6 is 11.6 Å². The molecule has 1 aliphatic heterocycles. The highest BCUT2D eigenvalue weighted by molar-refractivity contribution is 6.30. The van der Waals surface area contributed by atoms with Crippen LogP contribution in [-0.2, 0) is 24.7 Å². The van der Waals surface area contributed by atoms with Crippen molar-refractivity contribution in [2.75, 3.05) is 16.8 Å². The average Bonchev–Trinajstić information content (AvgIpc) is 3.44. The number of hydrogen-bond acceptors (Lipinski definition) is 7. The Hall–Kier alpha value is -4.29. The molecule has 1 amide bonds. The maximum Gasteiger partial charge on any atom is 0.231 e. The molecule has 0 radical (unpaired) electrons. The fourth-order valence-corrected chi connectivity index (χ4v) is 4.44. The summed E-state index contributed by atoms with van der Waals surface area (Å²) in [4.78, 5) is 27.8. The lowest BCUT2D eigenvalue weighted by molar-refractivity contribution is -0.117. The molecule has 0 aliphatic carbocycles. The predicted octanol–water partition coefficient (Wildman–Crippen LogP) is 3.98. The van der Waals surface area contributed by atoms with E-state index in [0.29, 0.717) is 46.6 Å². The summed E-state index contributed by atoms with van der Waals surface area (Å²) in [6.45, 7) is 2.45. The molecule has 9 nitrogen and oxygen atoms in total. The van der Waals surface area contributed by atoms with Crippen molar-refractivity contribution in [3.8, 4) is 17.3 Å². The Kier molecular flexibility index (Phi) is 5.89. The molecule has 35 heavy (non-hydrogen) atoms. The number of hydrogen-bond donors (Lipinski definition) is 1. The Labute approximate surface area is 207 Å². The lowest BCUT2D eigenvalue weighted by Gasteiger charge is -2.19. The first-order valence-electron chi connectivity index (χ1n) is 11.0.